The van der Waals surface area contributed by atoms with Gasteiger partial charge in [0.15, 0.2) is 0 Å². The van der Waals surface area contributed by atoms with Gasteiger partial charge in [-0.25, -0.2) is 0 Å². The number of rotatable bonds is 0. The van der Waals surface area contributed by atoms with Gasteiger partial charge < -0.3 is 0 Å². The predicted octanol–water partition coefficient (Wildman–Crippen LogP) is 2.01. The van der Waals surface area contributed by atoms with Gasteiger partial charge in [-0.2, -0.15) is 0 Å². The van der Waals surface area contributed by atoms with E-state index in [9.17, 15) is 9.59 Å². The Balaban J connectivity index is 1.65. The largest absolute Gasteiger partial charge is 0.299 e. The molecule has 0 spiro atoms. The van der Waals surface area contributed by atoms with E-state index in [-0.39, 0.29) is 23.7 Å². The molecule has 0 N–H and O–H groups in total. The minimum Gasteiger partial charge on any atom is -0.299 e. The van der Waals surface area contributed by atoms with E-state index in [1.807, 2.05) is 0 Å². The average Bonchev–Trinajstić information content (AvgIpc) is 3.10. The number of hydrogen-bond donors (Lipinski definition) is 0. The van der Waals surface area contributed by atoms with Crippen molar-refractivity contribution in [2.75, 3.05) is 0 Å². The number of ketones is 2. The first-order valence-electron chi connectivity index (χ1n) is 7.20. The maximum absolute atomic E-state index is 12.8. The Morgan fingerprint density at radius 3 is 1.17 bits per heavy atom. The smallest absolute Gasteiger partial charge is 0.141 e. The molecule has 0 aliphatic heterocycles. The Labute approximate surface area is 106 Å². The van der Waals surface area contributed by atoms with Gasteiger partial charge in [0.1, 0.15) is 11.6 Å². The topological polar surface area (TPSA) is 34.1 Å². The molecule has 0 saturated heterocycles. The van der Waals surface area contributed by atoms with Gasteiger partial charge in [0.2, 0.25) is 0 Å². The van der Waals surface area contributed by atoms with Crippen LogP contribution in [-0.4, -0.2) is 11.6 Å². The Hall–Kier alpha value is -1.18. The Bertz CT molecular complexity index is 441. The zero-order valence-corrected chi connectivity index (χ0v) is 10.2. The number of carbonyl (C=O) groups excluding carboxylic acids is 2. The Kier molecular flexibility index (Phi) is 1.55. The van der Waals surface area contributed by atoms with Crippen LogP contribution >= 0.6 is 0 Å². The fraction of sp³-hybridized carbons (Fsp3) is 0.625. The molecule has 4 bridgehead atoms. The van der Waals surface area contributed by atoms with E-state index in [1.165, 1.54) is 0 Å². The molecule has 0 aromatic carbocycles. The lowest BCUT2D eigenvalue weighted by Crippen LogP contribution is -2.50. The molecule has 0 heterocycles. The van der Waals surface area contributed by atoms with Gasteiger partial charge in [0.25, 0.3) is 0 Å². The molecule has 0 aromatic rings. The molecular weight excluding hydrogens is 224 g/mol. The molecule has 0 amide bonds. The van der Waals surface area contributed by atoms with Crippen LogP contribution in [0.3, 0.4) is 0 Å². The molecule has 3 fully saturated rings. The first kappa shape index (κ1) is 9.71. The lowest BCUT2D eigenvalue weighted by Gasteiger charge is -2.40. The molecule has 92 valence electrons. The third kappa shape index (κ3) is 0.877. The van der Waals surface area contributed by atoms with Crippen molar-refractivity contribution >= 4 is 11.6 Å². The second-order valence-electron chi connectivity index (χ2n) is 6.80. The summed E-state index contributed by atoms with van der Waals surface area (Å²) in [7, 11) is 0. The van der Waals surface area contributed by atoms with Crippen LogP contribution in [0, 0.1) is 47.3 Å². The molecule has 0 unspecified atom stereocenters. The van der Waals surface area contributed by atoms with Crippen LogP contribution in [0.4, 0.5) is 0 Å². The highest BCUT2D eigenvalue weighted by atomic mass is 16.1. The maximum atomic E-state index is 12.8. The van der Waals surface area contributed by atoms with Crippen molar-refractivity contribution in [3.63, 3.8) is 0 Å². The number of hydrogen-bond acceptors (Lipinski definition) is 2. The average molecular weight is 240 g/mol. The summed E-state index contributed by atoms with van der Waals surface area (Å²) in [5.41, 5.74) is 0. The molecule has 0 aromatic heterocycles. The van der Waals surface area contributed by atoms with E-state index >= 15 is 0 Å². The third-order valence-electron chi connectivity index (χ3n) is 6.23. The molecular formula is C16H16O2. The van der Waals surface area contributed by atoms with Gasteiger partial charge in [-0.1, -0.05) is 24.3 Å². The number of fused-ring (bicyclic) bond motifs is 10. The van der Waals surface area contributed by atoms with Crippen molar-refractivity contribution < 1.29 is 9.59 Å². The quantitative estimate of drug-likeness (QED) is 0.607. The van der Waals surface area contributed by atoms with Crippen LogP contribution < -0.4 is 0 Å². The summed E-state index contributed by atoms with van der Waals surface area (Å²) >= 11 is 0. The second kappa shape index (κ2) is 2.87. The van der Waals surface area contributed by atoms with E-state index in [0.717, 1.165) is 12.8 Å². The fourth-order valence-corrected chi connectivity index (χ4v) is 5.64. The van der Waals surface area contributed by atoms with E-state index in [1.54, 1.807) is 0 Å². The van der Waals surface area contributed by atoms with Crippen molar-refractivity contribution in [1.82, 2.24) is 0 Å². The van der Waals surface area contributed by atoms with Crippen LogP contribution in [0.2, 0.25) is 0 Å². The molecule has 0 radical (unpaired) electrons. The first-order chi connectivity index (χ1) is 8.75. The lowest BCUT2D eigenvalue weighted by atomic mass is 9.60. The van der Waals surface area contributed by atoms with Gasteiger partial charge in [-0.3, -0.25) is 9.59 Å². The summed E-state index contributed by atoms with van der Waals surface area (Å²) in [5, 5.41) is 0. The zero-order chi connectivity index (χ0) is 12.0. The summed E-state index contributed by atoms with van der Waals surface area (Å²) in [5.74, 6) is 2.53. The highest BCUT2D eigenvalue weighted by Crippen LogP contribution is 2.60. The maximum Gasteiger partial charge on any atom is 0.141 e. The van der Waals surface area contributed by atoms with Crippen molar-refractivity contribution in [1.29, 1.82) is 0 Å². The molecule has 5 rings (SSSR count). The van der Waals surface area contributed by atoms with Crippen molar-refractivity contribution in [3.05, 3.63) is 24.3 Å². The number of carbonyl (C=O) groups is 2. The van der Waals surface area contributed by atoms with Gasteiger partial charge in [0.05, 0.1) is 0 Å². The van der Waals surface area contributed by atoms with Crippen molar-refractivity contribution in [2.45, 2.75) is 12.8 Å². The SMILES string of the molecule is O=C1[C@@H]2[C@@H](C(=O)[C@H]3[C@H]1[C@@H]1C=C[C@H]3C1)[C@@H]1C=C[C@H]2C1. The highest BCUT2D eigenvalue weighted by molar-refractivity contribution is 6.02. The van der Waals surface area contributed by atoms with Crippen LogP contribution in [0.25, 0.3) is 0 Å². The molecule has 2 nitrogen and oxygen atoms in total. The van der Waals surface area contributed by atoms with Gasteiger partial charge in [-0.15, -0.1) is 0 Å². The minimum atomic E-state index is 0.0431. The van der Waals surface area contributed by atoms with Crippen LogP contribution in [0.1, 0.15) is 12.8 Å². The molecule has 8 atom stereocenters. The zero-order valence-electron chi connectivity index (χ0n) is 10.2. The monoisotopic (exact) mass is 240 g/mol. The minimum absolute atomic E-state index is 0.0431. The van der Waals surface area contributed by atoms with Crippen molar-refractivity contribution in [3.8, 4) is 0 Å². The van der Waals surface area contributed by atoms with E-state index in [2.05, 4.69) is 24.3 Å². The number of allylic oxidation sites excluding steroid dienone is 4. The Morgan fingerprint density at radius 2 is 0.889 bits per heavy atom. The molecule has 5 aliphatic rings. The fourth-order valence-electron chi connectivity index (χ4n) is 5.64. The number of Topliss-reactive ketones (excluding diaryl/α,β-unsaturated/α-hetero) is 2. The summed E-state index contributed by atoms with van der Waals surface area (Å²) < 4.78 is 0. The van der Waals surface area contributed by atoms with E-state index < -0.39 is 0 Å². The summed E-state index contributed by atoms with van der Waals surface area (Å²) in [6.07, 6.45) is 10.9. The molecule has 5 aliphatic carbocycles. The van der Waals surface area contributed by atoms with Gasteiger partial charge in [0, 0.05) is 23.7 Å². The third-order valence-corrected chi connectivity index (χ3v) is 6.23. The van der Waals surface area contributed by atoms with Gasteiger partial charge in [-0.05, 0) is 36.5 Å². The van der Waals surface area contributed by atoms with Crippen molar-refractivity contribution in [2.24, 2.45) is 47.3 Å². The molecule has 2 heteroatoms. The standard InChI is InChI=1S/C16H16O2/c17-15-11-7-1-2-8(5-7)12(11)16(18)14-10-4-3-9(6-10)13(14)15/h1-4,7-14H,5-6H2/t7-,8+,9+,10-,11-,12-,13+,14+. The highest BCUT2D eigenvalue weighted by Gasteiger charge is 2.63. The summed E-state index contributed by atoms with van der Waals surface area (Å²) in [4.78, 5) is 25.6. The first-order valence-corrected chi connectivity index (χ1v) is 7.20. The predicted molar refractivity (Wildman–Crippen MR) is 65.4 cm³/mol. The van der Waals surface area contributed by atoms with E-state index in [4.69, 9.17) is 0 Å². The normalized spacial score (nSPS) is 58.4. The molecule has 3 saturated carbocycles. The summed E-state index contributed by atoms with van der Waals surface area (Å²) in [6.45, 7) is 0. The van der Waals surface area contributed by atoms with Crippen LogP contribution in [0.15, 0.2) is 24.3 Å². The summed E-state index contributed by atoms with van der Waals surface area (Å²) in [6, 6.07) is 0. The van der Waals surface area contributed by atoms with Crippen LogP contribution in [-0.2, 0) is 9.59 Å². The van der Waals surface area contributed by atoms with Crippen LogP contribution in [0.5, 0.6) is 0 Å². The van der Waals surface area contributed by atoms with Gasteiger partial charge >= 0.3 is 0 Å². The Morgan fingerprint density at radius 1 is 0.611 bits per heavy atom. The molecule has 18 heavy (non-hydrogen) atoms. The van der Waals surface area contributed by atoms with E-state index in [0.29, 0.717) is 35.2 Å². The second-order valence-corrected chi connectivity index (χ2v) is 6.80. The lowest BCUT2D eigenvalue weighted by molar-refractivity contribution is -0.148.